The Kier molecular flexibility index (Phi) is 2.88. The van der Waals surface area contributed by atoms with E-state index in [4.69, 9.17) is 0 Å². The first kappa shape index (κ1) is 11.2. The largest absolute Gasteiger partial charge is 0.389 e. The average Bonchev–Trinajstić information content (AvgIpc) is 2.89. The molecule has 4 heteroatoms. The molecule has 0 aromatic heterocycles. The number of benzene rings is 1. The van der Waals surface area contributed by atoms with Crippen molar-refractivity contribution in [3.05, 3.63) is 35.9 Å². The second-order valence-electron chi connectivity index (χ2n) is 4.99. The molecule has 2 aliphatic rings. The van der Waals surface area contributed by atoms with Crippen molar-refractivity contribution in [2.45, 2.75) is 43.3 Å². The average molecular weight is 234 g/mol. The summed E-state index contributed by atoms with van der Waals surface area (Å²) in [5, 5.41) is 26.2. The SMILES string of the molecule is O[C@@H]1[C@H](O)[C@H]2C[C@@H](NCc3ccccc3)[C@@H]1N2. The molecule has 2 aliphatic heterocycles. The Morgan fingerprint density at radius 3 is 2.59 bits per heavy atom. The Morgan fingerprint density at radius 2 is 1.94 bits per heavy atom. The maximum atomic E-state index is 9.80. The van der Waals surface area contributed by atoms with Gasteiger partial charge in [0, 0.05) is 18.6 Å². The molecule has 2 heterocycles. The lowest BCUT2D eigenvalue weighted by Crippen LogP contribution is -2.50. The van der Waals surface area contributed by atoms with Crippen molar-refractivity contribution in [1.82, 2.24) is 10.6 Å². The van der Waals surface area contributed by atoms with Gasteiger partial charge in [-0.2, -0.15) is 0 Å². The molecule has 2 bridgehead atoms. The number of fused-ring (bicyclic) bond motifs is 2. The first-order valence-corrected chi connectivity index (χ1v) is 6.15. The summed E-state index contributed by atoms with van der Waals surface area (Å²) < 4.78 is 0. The van der Waals surface area contributed by atoms with Crippen LogP contribution in [0.2, 0.25) is 0 Å². The highest BCUT2D eigenvalue weighted by atomic mass is 16.3. The molecule has 0 spiro atoms. The normalized spacial score (nSPS) is 39.8. The Hall–Kier alpha value is -0.940. The van der Waals surface area contributed by atoms with Gasteiger partial charge in [0.15, 0.2) is 0 Å². The van der Waals surface area contributed by atoms with Crippen molar-refractivity contribution in [3.8, 4) is 0 Å². The lowest BCUT2D eigenvalue weighted by Gasteiger charge is -2.28. The van der Waals surface area contributed by atoms with Crippen molar-refractivity contribution in [3.63, 3.8) is 0 Å². The minimum absolute atomic E-state index is 0.0151. The Balaban J connectivity index is 1.58. The predicted octanol–water partition coefficient (Wildman–Crippen LogP) is -0.389. The summed E-state index contributed by atoms with van der Waals surface area (Å²) in [6, 6.07) is 10.5. The summed E-state index contributed by atoms with van der Waals surface area (Å²) >= 11 is 0. The number of aliphatic hydroxyl groups is 2. The summed E-state index contributed by atoms with van der Waals surface area (Å²) in [7, 11) is 0. The monoisotopic (exact) mass is 234 g/mol. The van der Waals surface area contributed by atoms with Crippen LogP contribution >= 0.6 is 0 Å². The maximum Gasteiger partial charge on any atom is 0.0982 e. The van der Waals surface area contributed by atoms with Crippen LogP contribution in [0.4, 0.5) is 0 Å². The van der Waals surface area contributed by atoms with Crippen LogP contribution in [0.15, 0.2) is 30.3 Å². The van der Waals surface area contributed by atoms with E-state index in [9.17, 15) is 10.2 Å². The molecule has 92 valence electrons. The second-order valence-corrected chi connectivity index (χ2v) is 4.99. The molecule has 17 heavy (non-hydrogen) atoms. The van der Waals surface area contributed by atoms with Crippen LogP contribution in [0.5, 0.6) is 0 Å². The fourth-order valence-corrected chi connectivity index (χ4v) is 2.93. The third-order valence-corrected chi connectivity index (χ3v) is 3.89. The van der Waals surface area contributed by atoms with Gasteiger partial charge >= 0.3 is 0 Å². The molecule has 0 unspecified atom stereocenters. The van der Waals surface area contributed by atoms with E-state index in [0.29, 0.717) is 0 Å². The number of hydrogen-bond acceptors (Lipinski definition) is 4. The summed E-state index contributed by atoms with van der Waals surface area (Å²) in [5.41, 5.74) is 1.24. The molecular weight excluding hydrogens is 216 g/mol. The molecule has 0 saturated carbocycles. The molecular formula is C13H18N2O2. The van der Waals surface area contributed by atoms with E-state index in [1.54, 1.807) is 0 Å². The van der Waals surface area contributed by atoms with Gasteiger partial charge in [-0.3, -0.25) is 0 Å². The first-order chi connectivity index (χ1) is 8.25. The van der Waals surface area contributed by atoms with Gasteiger partial charge in [-0.15, -0.1) is 0 Å². The predicted molar refractivity (Wildman–Crippen MR) is 64.4 cm³/mol. The molecule has 4 nitrogen and oxygen atoms in total. The first-order valence-electron chi connectivity index (χ1n) is 6.15. The van der Waals surface area contributed by atoms with Crippen LogP contribution in [-0.2, 0) is 6.54 Å². The molecule has 1 aromatic rings. The molecule has 0 radical (unpaired) electrons. The topological polar surface area (TPSA) is 64.5 Å². The van der Waals surface area contributed by atoms with Crippen LogP contribution in [0.3, 0.4) is 0 Å². The van der Waals surface area contributed by atoms with E-state index in [2.05, 4.69) is 22.8 Å². The van der Waals surface area contributed by atoms with Crippen LogP contribution in [0.25, 0.3) is 0 Å². The number of aliphatic hydroxyl groups excluding tert-OH is 2. The van der Waals surface area contributed by atoms with E-state index in [-0.39, 0.29) is 18.1 Å². The molecule has 2 fully saturated rings. The minimum atomic E-state index is -0.637. The van der Waals surface area contributed by atoms with Gasteiger partial charge < -0.3 is 20.8 Å². The summed E-state index contributed by atoms with van der Waals surface area (Å²) in [5.74, 6) is 0. The van der Waals surface area contributed by atoms with Gasteiger partial charge in [0.05, 0.1) is 18.2 Å². The molecule has 3 rings (SSSR count). The van der Waals surface area contributed by atoms with E-state index in [1.807, 2.05) is 18.2 Å². The maximum absolute atomic E-state index is 9.80. The highest BCUT2D eigenvalue weighted by molar-refractivity contribution is 5.16. The van der Waals surface area contributed by atoms with Crippen LogP contribution in [0.1, 0.15) is 12.0 Å². The quantitative estimate of drug-likeness (QED) is 0.575. The third-order valence-electron chi connectivity index (χ3n) is 3.89. The molecule has 0 aliphatic carbocycles. The van der Waals surface area contributed by atoms with E-state index < -0.39 is 12.2 Å². The van der Waals surface area contributed by atoms with Gasteiger partial charge in [0.2, 0.25) is 0 Å². The van der Waals surface area contributed by atoms with Crippen LogP contribution in [0, 0.1) is 0 Å². The lowest BCUT2D eigenvalue weighted by atomic mass is 9.90. The van der Waals surface area contributed by atoms with Gasteiger partial charge in [-0.05, 0) is 12.0 Å². The van der Waals surface area contributed by atoms with Gasteiger partial charge in [0.25, 0.3) is 0 Å². The van der Waals surface area contributed by atoms with Gasteiger partial charge in [-0.25, -0.2) is 0 Å². The number of nitrogens with one attached hydrogen (secondary N) is 2. The fourth-order valence-electron chi connectivity index (χ4n) is 2.93. The molecule has 1 aromatic carbocycles. The Bertz CT molecular complexity index is 382. The van der Waals surface area contributed by atoms with E-state index >= 15 is 0 Å². The van der Waals surface area contributed by atoms with Crippen molar-refractivity contribution in [2.75, 3.05) is 0 Å². The third kappa shape index (κ3) is 1.98. The Labute approximate surface area is 101 Å². The fraction of sp³-hybridized carbons (Fsp3) is 0.538. The zero-order chi connectivity index (χ0) is 11.8. The standard InChI is InChI=1S/C13H18N2O2/c16-12-10-6-9(11(15-10)13(12)17)14-7-8-4-2-1-3-5-8/h1-5,9-17H,6-7H2/t9-,10-,11+,12-,13+/m1/s1. The van der Waals surface area contributed by atoms with Gasteiger partial charge in [-0.1, -0.05) is 30.3 Å². The highest BCUT2D eigenvalue weighted by Gasteiger charge is 2.51. The molecule has 0 amide bonds. The summed E-state index contributed by atoms with van der Waals surface area (Å²) in [6.07, 6.45) is -0.354. The highest BCUT2D eigenvalue weighted by Crippen LogP contribution is 2.29. The van der Waals surface area contributed by atoms with Crippen molar-refractivity contribution in [2.24, 2.45) is 0 Å². The Morgan fingerprint density at radius 1 is 1.18 bits per heavy atom. The van der Waals surface area contributed by atoms with Crippen molar-refractivity contribution < 1.29 is 10.2 Å². The number of hydrogen-bond donors (Lipinski definition) is 4. The zero-order valence-corrected chi connectivity index (χ0v) is 9.58. The summed E-state index contributed by atoms with van der Waals surface area (Å²) in [6.45, 7) is 0.805. The molecule has 4 N–H and O–H groups in total. The van der Waals surface area contributed by atoms with Crippen molar-refractivity contribution in [1.29, 1.82) is 0 Å². The summed E-state index contributed by atoms with van der Waals surface area (Å²) in [4.78, 5) is 0. The van der Waals surface area contributed by atoms with Gasteiger partial charge in [0.1, 0.15) is 0 Å². The smallest absolute Gasteiger partial charge is 0.0982 e. The van der Waals surface area contributed by atoms with Crippen molar-refractivity contribution >= 4 is 0 Å². The van der Waals surface area contributed by atoms with Crippen LogP contribution < -0.4 is 10.6 Å². The number of rotatable bonds is 3. The zero-order valence-electron chi connectivity index (χ0n) is 9.58. The van der Waals surface area contributed by atoms with E-state index in [0.717, 1.165) is 13.0 Å². The lowest BCUT2D eigenvalue weighted by molar-refractivity contribution is 0.00392. The minimum Gasteiger partial charge on any atom is -0.389 e. The van der Waals surface area contributed by atoms with E-state index in [1.165, 1.54) is 5.56 Å². The molecule has 2 saturated heterocycles. The second kappa shape index (κ2) is 4.38. The van der Waals surface area contributed by atoms with Crippen LogP contribution in [-0.4, -0.2) is 40.5 Å². The molecule has 5 atom stereocenters.